The number of hydrogen-bond acceptors (Lipinski definition) is 8. The monoisotopic (exact) mass is 1310 g/mol. The van der Waals surface area contributed by atoms with Crippen molar-refractivity contribution in [2.75, 3.05) is 5.32 Å². The van der Waals surface area contributed by atoms with Crippen LogP contribution in [0.15, 0.2) is 233 Å². The van der Waals surface area contributed by atoms with Crippen molar-refractivity contribution < 1.29 is 14.7 Å². The highest BCUT2D eigenvalue weighted by atomic mass is 79.9. The summed E-state index contributed by atoms with van der Waals surface area (Å²) >= 11 is 10.1. The SMILES string of the molecule is Brc1ccc2cc[nH]c2n1.CC(C)[Si](C(C)C)(C(C)C)n1ccc2ccc(Br)nc21.O=C(c1ccccc1)n1ccc2ccc(Br)nc21.O[n+]1cccc2cc[nH]c21.c1ccc(Nc2ccc3cc[nH]c3n2)cc1.c1cnc2[nH]ccc2c1. The van der Waals surface area contributed by atoms with Crippen LogP contribution in [0.5, 0.6) is 0 Å². The molecule has 0 amide bonds. The molecule has 6 N–H and O–H groups in total. The van der Waals surface area contributed by atoms with E-state index in [1.165, 1.54) is 5.39 Å². The first-order valence-electron chi connectivity index (χ1n) is 27.0. The number of halogens is 3. The fourth-order valence-corrected chi connectivity index (χ4v) is 17.9. The van der Waals surface area contributed by atoms with Crippen LogP contribution in [0.1, 0.15) is 51.9 Å². The summed E-state index contributed by atoms with van der Waals surface area (Å²) in [4.78, 5) is 46.2. The third-order valence-electron chi connectivity index (χ3n) is 14.1. The van der Waals surface area contributed by atoms with E-state index in [1.807, 2.05) is 158 Å². The Kier molecular flexibility index (Phi) is 19.6. The number of para-hydroxylation sites is 1. The number of carbonyl (C=O) groups excluding carboxylic acids is 1. The molecule has 12 aromatic heterocycles. The minimum absolute atomic E-state index is 0.0730. The maximum atomic E-state index is 12.3. The van der Waals surface area contributed by atoms with E-state index in [0.717, 1.165) is 85.2 Å². The second kappa shape index (κ2) is 27.5. The zero-order valence-electron chi connectivity index (χ0n) is 46.6. The van der Waals surface area contributed by atoms with E-state index in [0.29, 0.717) is 27.8 Å². The molecule has 0 unspecified atom stereocenters. The number of hydrogen-bond donors (Lipinski definition) is 6. The van der Waals surface area contributed by atoms with Gasteiger partial charge < -0.3 is 29.7 Å². The van der Waals surface area contributed by atoms with Crippen LogP contribution in [0.3, 0.4) is 0 Å². The lowest BCUT2D eigenvalue weighted by Crippen LogP contribution is -2.51. The van der Waals surface area contributed by atoms with Crippen molar-refractivity contribution in [3.63, 3.8) is 0 Å². The van der Waals surface area contributed by atoms with Crippen LogP contribution in [0.4, 0.5) is 11.5 Å². The molecule has 0 spiro atoms. The van der Waals surface area contributed by atoms with Crippen LogP contribution in [0.25, 0.3) is 66.2 Å². The lowest BCUT2D eigenvalue weighted by atomic mass is 10.2. The van der Waals surface area contributed by atoms with Gasteiger partial charge in [-0.25, -0.2) is 29.9 Å². The van der Waals surface area contributed by atoms with Gasteiger partial charge in [-0.3, -0.25) is 9.36 Å². The zero-order valence-corrected chi connectivity index (χ0v) is 52.3. The van der Waals surface area contributed by atoms with Crippen LogP contribution in [0, 0.1) is 0 Å². The number of nitrogens with zero attached hydrogens (tertiary/aromatic N) is 8. The molecule has 420 valence electrons. The third-order valence-corrected chi connectivity index (χ3v) is 22.1. The van der Waals surface area contributed by atoms with Crippen molar-refractivity contribution in [2.24, 2.45) is 0 Å². The van der Waals surface area contributed by atoms with Crippen molar-refractivity contribution in [1.82, 2.24) is 53.7 Å². The Morgan fingerprint density at radius 3 is 1.64 bits per heavy atom. The van der Waals surface area contributed by atoms with Crippen LogP contribution < -0.4 is 10.0 Å². The number of aromatic amines is 4. The molecule has 19 heteroatoms. The maximum absolute atomic E-state index is 12.3. The average molecular weight is 1310 g/mol. The first-order valence-corrected chi connectivity index (χ1v) is 31.5. The Hall–Kier alpha value is -8.49. The summed E-state index contributed by atoms with van der Waals surface area (Å²) in [6.45, 7) is 14.3. The van der Waals surface area contributed by atoms with Crippen LogP contribution >= 0.6 is 47.8 Å². The van der Waals surface area contributed by atoms with E-state index in [2.05, 4.69) is 157 Å². The van der Waals surface area contributed by atoms with Crippen LogP contribution in [-0.2, 0) is 0 Å². The van der Waals surface area contributed by atoms with Gasteiger partial charge in [-0.2, -0.15) is 0 Å². The van der Waals surface area contributed by atoms with Gasteiger partial charge in [0.05, 0.1) is 11.6 Å². The molecule has 14 rings (SSSR count). The van der Waals surface area contributed by atoms with Crippen molar-refractivity contribution in [2.45, 2.75) is 58.2 Å². The lowest BCUT2D eigenvalue weighted by Gasteiger charge is -2.44. The summed E-state index contributed by atoms with van der Waals surface area (Å²) in [7, 11) is -1.71. The summed E-state index contributed by atoms with van der Waals surface area (Å²) in [6.07, 6.45) is 14.8. The van der Waals surface area contributed by atoms with Gasteiger partial charge in [0, 0.05) is 69.2 Å². The minimum Gasteiger partial charge on any atom is -0.359 e. The van der Waals surface area contributed by atoms with E-state index in [1.54, 1.807) is 47.6 Å². The molecule has 0 saturated carbocycles. The van der Waals surface area contributed by atoms with Gasteiger partial charge in [0.1, 0.15) is 54.1 Å². The van der Waals surface area contributed by atoms with Crippen molar-refractivity contribution in [1.29, 1.82) is 0 Å². The van der Waals surface area contributed by atoms with E-state index in [9.17, 15) is 4.79 Å². The molecule has 14 aromatic rings. The molecule has 0 aliphatic carbocycles. The molecule has 0 fully saturated rings. The molecular weight excluding hydrogens is 1250 g/mol. The van der Waals surface area contributed by atoms with Gasteiger partial charge in [-0.15, -0.1) is 0 Å². The topological polar surface area (TPSA) is 191 Å². The number of pyridine rings is 6. The highest BCUT2D eigenvalue weighted by Gasteiger charge is 2.46. The average Bonchev–Trinajstić information content (AvgIpc) is 4.54. The van der Waals surface area contributed by atoms with Crippen LogP contribution in [-0.4, -0.2) is 73.0 Å². The molecular formula is C64H63Br3N13O2Si+. The lowest BCUT2D eigenvalue weighted by molar-refractivity contribution is -0.885. The van der Waals surface area contributed by atoms with Gasteiger partial charge in [0.2, 0.25) is 0 Å². The second-order valence-corrected chi connectivity index (χ2v) is 28.4. The standard InChI is InChI=1S/C16H25BrN2Si.C14H9BrN2O.C13H11N3.C7H5BrN2.C7H6N2O.C7H6N2/c1-11(2)20(12(3)4,13(5)6)19-10-9-14-7-8-15(17)18-16(14)19;15-12-7-6-10-8-9-17(13(10)16-12)14(18)11-4-2-1-3-5-11;1-2-4-11(5-3-1)15-12-7-6-10-8-9-14-13(10)16-12;8-6-2-1-5-3-4-9-7(5)10-6;10-9-5-1-2-6-3-4-8-7(6)9;1-2-6-3-5-9-7(6)8-4-1/h7-13H,1-6H3;1-9H;1-9H,(H2,14,15,16);1-4H,(H,9,10);1-5,10H;1-5H,(H,8,9)/p+1. The summed E-state index contributed by atoms with van der Waals surface area (Å²) in [5.41, 5.74) is 9.05. The number of nitrogens with one attached hydrogen (secondary N) is 5. The summed E-state index contributed by atoms with van der Waals surface area (Å²) in [6, 6.07) is 54.8. The Morgan fingerprint density at radius 2 is 1.01 bits per heavy atom. The predicted octanol–water partition coefficient (Wildman–Crippen LogP) is 17.2. The number of H-pyrrole nitrogens is 4. The van der Waals surface area contributed by atoms with E-state index in [4.69, 9.17) is 10.2 Å². The third kappa shape index (κ3) is 14.2. The molecule has 0 radical (unpaired) electrons. The maximum Gasteiger partial charge on any atom is 0.325 e. The summed E-state index contributed by atoms with van der Waals surface area (Å²) < 4.78 is 7.68. The molecule has 12 heterocycles. The number of rotatable bonds is 7. The molecule has 0 bridgehead atoms. The fraction of sp³-hybridized carbons (Fsp3) is 0.141. The van der Waals surface area contributed by atoms with Crippen LogP contribution in [0.2, 0.25) is 16.6 Å². The Balaban J connectivity index is 0.000000123. The smallest absolute Gasteiger partial charge is 0.325 e. The number of carbonyl (C=O) groups is 1. The number of fused-ring (bicyclic) bond motifs is 6. The molecule has 0 aliphatic heterocycles. The van der Waals surface area contributed by atoms with Gasteiger partial charge in [0.15, 0.2) is 8.24 Å². The first-order chi connectivity index (χ1) is 40.2. The van der Waals surface area contributed by atoms with Gasteiger partial charge >= 0.3 is 5.65 Å². The van der Waals surface area contributed by atoms with Gasteiger partial charge in [-0.05, 0) is 204 Å². The Morgan fingerprint density at radius 1 is 0.506 bits per heavy atom. The molecule has 15 nitrogen and oxygen atoms in total. The van der Waals surface area contributed by atoms with E-state index >= 15 is 0 Å². The molecule has 0 atom stereocenters. The summed E-state index contributed by atoms with van der Waals surface area (Å²) in [5, 5.41) is 19.0. The normalized spacial score (nSPS) is 11.1. The fourth-order valence-electron chi connectivity index (χ4n) is 10.5. The minimum atomic E-state index is -1.71. The Labute approximate surface area is 506 Å². The van der Waals surface area contributed by atoms with Crippen molar-refractivity contribution in [3.8, 4) is 0 Å². The zero-order chi connectivity index (χ0) is 58.5. The van der Waals surface area contributed by atoms with Crippen molar-refractivity contribution in [3.05, 3.63) is 239 Å². The number of aromatic nitrogens is 12. The second-order valence-electron chi connectivity index (χ2n) is 20.2. The number of benzene rings is 2. The largest absolute Gasteiger partial charge is 0.359 e. The van der Waals surface area contributed by atoms with E-state index < -0.39 is 8.24 Å². The van der Waals surface area contributed by atoms with E-state index in [-0.39, 0.29) is 5.91 Å². The first kappa shape index (κ1) is 59.1. The highest BCUT2D eigenvalue weighted by Crippen LogP contribution is 2.44. The predicted molar refractivity (Wildman–Crippen MR) is 349 cm³/mol. The molecule has 2 aromatic carbocycles. The molecule has 83 heavy (non-hydrogen) atoms. The Bertz CT molecular complexity index is 4310. The highest BCUT2D eigenvalue weighted by molar-refractivity contribution is 9.11. The summed E-state index contributed by atoms with van der Waals surface area (Å²) in [5.74, 6) is 0.775. The molecule has 0 saturated heterocycles. The number of anilines is 2. The van der Waals surface area contributed by atoms with Gasteiger partial charge in [0.25, 0.3) is 5.91 Å². The quantitative estimate of drug-likeness (QED) is 0.0393. The van der Waals surface area contributed by atoms with Crippen molar-refractivity contribution >= 4 is 140 Å². The van der Waals surface area contributed by atoms with Gasteiger partial charge in [-0.1, -0.05) is 82.7 Å². The molecule has 0 aliphatic rings.